The third-order valence-corrected chi connectivity index (χ3v) is 5.31. The zero-order chi connectivity index (χ0) is 14.0. The Morgan fingerprint density at radius 3 is 2.68 bits per heavy atom. The van der Waals surface area contributed by atoms with Crippen LogP contribution in [-0.2, 0) is 10.0 Å². The van der Waals surface area contributed by atoms with E-state index in [9.17, 15) is 17.2 Å². The van der Waals surface area contributed by atoms with Gasteiger partial charge in [0.15, 0.2) is 0 Å². The van der Waals surface area contributed by atoms with Crippen LogP contribution < -0.4 is 5.73 Å². The molecule has 0 spiro atoms. The summed E-state index contributed by atoms with van der Waals surface area (Å²) in [5.74, 6) is -1.87. The van der Waals surface area contributed by atoms with Crippen LogP contribution in [0.15, 0.2) is 23.1 Å². The van der Waals surface area contributed by atoms with Crippen molar-refractivity contribution in [2.45, 2.75) is 30.2 Å². The second kappa shape index (κ2) is 5.52. The molecule has 1 unspecified atom stereocenters. The van der Waals surface area contributed by atoms with Crippen LogP contribution in [0.25, 0.3) is 0 Å². The van der Waals surface area contributed by atoms with Crippen molar-refractivity contribution in [3.05, 3.63) is 29.8 Å². The third kappa shape index (κ3) is 2.77. The fourth-order valence-corrected chi connectivity index (χ4v) is 4.09. The summed E-state index contributed by atoms with van der Waals surface area (Å²) in [5.41, 5.74) is 5.57. The summed E-state index contributed by atoms with van der Waals surface area (Å²) in [6.07, 6.45) is 2.29. The molecule has 0 aliphatic carbocycles. The number of hydrogen-bond acceptors (Lipinski definition) is 3. The van der Waals surface area contributed by atoms with Gasteiger partial charge in [0.05, 0.1) is 0 Å². The molecule has 1 aromatic rings. The van der Waals surface area contributed by atoms with Crippen LogP contribution in [0.1, 0.15) is 19.3 Å². The third-order valence-electron chi connectivity index (χ3n) is 3.33. The molecule has 1 heterocycles. The maximum Gasteiger partial charge on any atom is 0.246 e. The van der Waals surface area contributed by atoms with Crippen LogP contribution in [0.3, 0.4) is 0 Å². The van der Waals surface area contributed by atoms with Gasteiger partial charge in [0.1, 0.15) is 16.5 Å². The summed E-state index contributed by atoms with van der Waals surface area (Å²) in [5, 5.41) is 0. The second-order valence-corrected chi connectivity index (χ2v) is 6.43. The van der Waals surface area contributed by atoms with E-state index in [0.29, 0.717) is 19.0 Å². The quantitative estimate of drug-likeness (QED) is 0.917. The topological polar surface area (TPSA) is 63.4 Å². The van der Waals surface area contributed by atoms with Crippen molar-refractivity contribution >= 4 is 10.0 Å². The standard InChI is InChI=1S/C12H16F2N2O2S/c13-9-4-5-12(11(14)7-9)19(17,18)16-6-2-1-3-10(16)8-15/h4-5,7,10H,1-3,6,8,15H2. The first-order valence-corrected chi connectivity index (χ1v) is 7.58. The average Bonchev–Trinajstić information content (AvgIpc) is 2.38. The van der Waals surface area contributed by atoms with Gasteiger partial charge in [-0.1, -0.05) is 6.42 Å². The Labute approximate surface area is 111 Å². The number of halogens is 2. The maximum absolute atomic E-state index is 13.7. The van der Waals surface area contributed by atoms with Crippen LogP contribution >= 0.6 is 0 Å². The molecule has 7 heteroatoms. The predicted molar refractivity (Wildman–Crippen MR) is 66.9 cm³/mol. The molecule has 0 aromatic heterocycles. The van der Waals surface area contributed by atoms with Crippen molar-refractivity contribution in [1.29, 1.82) is 0 Å². The van der Waals surface area contributed by atoms with Crippen LogP contribution in [0.5, 0.6) is 0 Å². The van der Waals surface area contributed by atoms with Crippen molar-refractivity contribution < 1.29 is 17.2 Å². The molecule has 1 fully saturated rings. The Morgan fingerprint density at radius 2 is 2.05 bits per heavy atom. The zero-order valence-corrected chi connectivity index (χ0v) is 11.2. The second-order valence-electron chi connectivity index (χ2n) is 4.58. The first-order chi connectivity index (χ1) is 8.96. The first-order valence-electron chi connectivity index (χ1n) is 6.14. The van der Waals surface area contributed by atoms with E-state index in [1.165, 1.54) is 4.31 Å². The van der Waals surface area contributed by atoms with Gasteiger partial charge in [0.25, 0.3) is 0 Å². The molecular formula is C12H16F2N2O2S. The maximum atomic E-state index is 13.7. The van der Waals surface area contributed by atoms with Crippen LogP contribution in [-0.4, -0.2) is 31.9 Å². The largest absolute Gasteiger partial charge is 0.329 e. The van der Waals surface area contributed by atoms with Gasteiger partial charge in [-0.25, -0.2) is 17.2 Å². The summed E-state index contributed by atoms with van der Waals surface area (Å²) in [6.45, 7) is 0.517. The van der Waals surface area contributed by atoms with Gasteiger partial charge in [-0.3, -0.25) is 0 Å². The Balaban J connectivity index is 2.40. The normalized spacial score (nSPS) is 21.5. The number of benzene rings is 1. The molecule has 106 valence electrons. The monoisotopic (exact) mass is 290 g/mol. The molecule has 0 amide bonds. The fourth-order valence-electron chi connectivity index (χ4n) is 2.34. The van der Waals surface area contributed by atoms with E-state index in [-0.39, 0.29) is 12.6 Å². The van der Waals surface area contributed by atoms with Crippen molar-refractivity contribution in [3.8, 4) is 0 Å². The number of nitrogens with two attached hydrogens (primary N) is 1. The Morgan fingerprint density at radius 1 is 1.32 bits per heavy atom. The van der Waals surface area contributed by atoms with Gasteiger partial charge in [0.2, 0.25) is 10.0 Å². The van der Waals surface area contributed by atoms with E-state index in [2.05, 4.69) is 0 Å². The number of piperidine rings is 1. The number of hydrogen-bond donors (Lipinski definition) is 1. The highest BCUT2D eigenvalue weighted by atomic mass is 32.2. The number of sulfonamides is 1. The fraction of sp³-hybridized carbons (Fsp3) is 0.500. The van der Waals surface area contributed by atoms with E-state index in [1.54, 1.807) is 0 Å². The molecule has 2 rings (SSSR count). The predicted octanol–water partition coefficient (Wildman–Crippen LogP) is 1.47. The molecule has 1 atom stereocenters. The van der Waals surface area contributed by atoms with E-state index < -0.39 is 26.6 Å². The number of nitrogens with zero attached hydrogens (tertiary/aromatic N) is 1. The Bertz CT molecular complexity index is 563. The number of rotatable bonds is 3. The van der Waals surface area contributed by atoms with Crippen molar-refractivity contribution in [2.75, 3.05) is 13.1 Å². The van der Waals surface area contributed by atoms with Crippen LogP contribution in [0.4, 0.5) is 8.78 Å². The van der Waals surface area contributed by atoms with E-state index in [0.717, 1.165) is 25.0 Å². The molecule has 0 bridgehead atoms. The smallest absolute Gasteiger partial charge is 0.246 e. The first kappa shape index (κ1) is 14.4. The molecule has 19 heavy (non-hydrogen) atoms. The van der Waals surface area contributed by atoms with Gasteiger partial charge < -0.3 is 5.73 Å². The Kier molecular flexibility index (Phi) is 4.17. The van der Waals surface area contributed by atoms with E-state index >= 15 is 0 Å². The summed E-state index contributed by atoms with van der Waals surface area (Å²) in [4.78, 5) is -0.491. The molecule has 1 aliphatic rings. The lowest BCUT2D eigenvalue weighted by molar-refractivity contribution is 0.257. The summed E-state index contributed by atoms with van der Waals surface area (Å²) in [7, 11) is -3.96. The highest BCUT2D eigenvalue weighted by Gasteiger charge is 2.34. The molecule has 4 nitrogen and oxygen atoms in total. The minimum Gasteiger partial charge on any atom is -0.329 e. The van der Waals surface area contributed by atoms with E-state index in [1.807, 2.05) is 0 Å². The van der Waals surface area contributed by atoms with Gasteiger partial charge in [-0.2, -0.15) is 4.31 Å². The molecule has 1 aliphatic heterocycles. The molecule has 1 saturated heterocycles. The minimum atomic E-state index is -3.96. The molecule has 2 N–H and O–H groups in total. The van der Waals surface area contributed by atoms with Crippen LogP contribution in [0, 0.1) is 11.6 Å². The van der Waals surface area contributed by atoms with Gasteiger partial charge in [-0.15, -0.1) is 0 Å². The van der Waals surface area contributed by atoms with Crippen molar-refractivity contribution in [1.82, 2.24) is 4.31 Å². The SMILES string of the molecule is NCC1CCCCN1S(=O)(=O)c1ccc(F)cc1F. The van der Waals surface area contributed by atoms with Gasteiger partial charge >= 0.3 is 0 Å². The van der Waals surface area contributed by atoms with Gasteiger partial charge in [0, 0.05) is 25.2 Å². The van der Waals surface area contributed by atoms with Crippen molar-refractivity contribution in [3.63, 3.8) is 0 Å². The summed E-state index contributed by atoms with van der Waals surface area (Å²) >= 11 is 0. The van der Waals surface area contributed by atoms with Crippen molar-refractivity contribution in [2.24, 2.45) is 5.73 Å². The summed E-state index contributed by atoms with van der Waals surface area (Å²) in [6, 6.07) is 2.16. The van der Waals surface area contributed by atoms with E-state index in [4.69, 9.17) is 5.73 Å². The highest BCUT2D eigenvalue weighted by Crippen LogP contribution is 2.26. The Hall–Kier alpha value is -1.05. The molecular weight excluding hydrogens is 274 g/mol. The highest BCUT2D eigenvalue weighted by molar-refractivity contribution is 7.89. The minimum absolute atomic E-state index is 0.196. The van der Waals surface area contributed by atoms with Crippen LogP contribution in [0.2, 0.25) is 0 Å². The molecule has 0 saturated carbocycles. The summed E-state index contributed by atoms with van der Waals surface area (Å²) < 4.78 is 52.5. The molecule has 1 aromatic carbocycles. The molecule has 0 radical (unpaired) electrons. The van der Waals surface area contributed by atoms with Gasteiger partial charge in [-0.05, 0) is 25.0 Å². The lowest BCUT2D eigenvalue weighted by Crippen LogP contribution is -2.47. The zero-order valence-electron chi connectivity index (χ0n) is 10.4. The average molecular weight is 290 g/mol. The lowest BCUT2D eigenvalue weighted by Gasteiger charge is -2.33. The lowest BCUT2D eigenvalue weighted by atomic mass is 10.1.